The summed E-state index contributed by atoms with van der Waals surface area (Å²) in [5.74, 6) is 0. The first-order valence-electron chi connectivity index (χ1n) is 4.55. The Morgan fingerprint density at radius 1 is 1.53 bits per heavy atom. The van der Waals surface area contributed by atoms with Gasteiger partial charge in [0.05, 0.1) is 17.9 Å². The third kappa shape index (κ3) is 2.18. The minimum absolute atomic E-state index is 0.696. The molecule has 5 heteroatoms. The van der Waals surface area contributed by atoms with Gasteiger partial charge in [-0.1, -0.05) is 0 Å². The van der Waals surface area contributed by atoms with Crippen molar-refractivity contribution >= 4 is 21.6 Å². The van der Waals surface area contributed by atoms with E-state index in [1.165, 1.54) is 0 Å². The molecular weight excluding hydrogens is 256 g/mol. The Morgan fingerprint density at radius 3 is 2.93 bits per heavy atom. The first-order valence-corrected chi connectivity index (χ1v) is 5.34. The molecule has 2 heterocycles. The predicted octanol–water partition coefficient (Wildman–Crippen LogP) is 1.98. The van der Waals surface area contributed by atoms with Crippen LogP contribution in [0.5, 0.6) is 0 Å². The van der Waals surface area contributed by atoms with E-state index in [9.17, 15) is 0 Å². The number of aromatic nitrogens is 3. The number of nitrogens with two attached hydrogens (primary N) is 1. The van der Waals surface area contributed by atoms with Gasteiger partial charge in [-0.05, 0) is 34.5 Å². The van der Waals surface area contributed by atoms with Gasteiger partial charge in [-0.15, -0.1) is 0 Å². The van der Waals surface area contributed by atoms with Crippen LogP contribution in [0.25, 0.3) is 0 Å². The fourth-order valence-corrected chi connectivity index (χ4v) is 1.70. The molecule has 0 unspecified atom stereocenters. The van der Waals surface area contributed by atoms with Crippen LogP contribution in [-0.4, -0.2) is 14.8 Å². The van der Waals surface area contributed by atoms with Gasteiger partial charge in [-0.2, -0.15) is 5.10 Å². The Balaban J connectivity index is 2.26. The van der Waals surface area contributed by atoms with Crippen molar-refractivity contribution in [2.24, 2.45) is 0 Å². The summed E-state index contributed by atoms with van der Waals surface area (Å²) >= 11 is 3.44. The number of halogens is 1. The van der Waals surface area contributed by atoms with Gasteiger partial charge >= 0.3 is 0 Å². The molecule has 2 N–H and O–H groups in total. The summed E-state index contributed by atoms with van der Waals surface area (Å²) in [6.45, 7) is 2.59. The van der Waals surface area contributed by atoms with Crippen LogP contribution >= 0.6 is 15.9 Å². The van der Waals surface area contributed by atoms with Crippen LogP contribution in [-0.2, 0) is 6.54 Å². The molecule has 0 aliphatic rings. The maximum absolute atomic E-state index is 5.72. The average Bonchev–Trinajstić information content (AvgIpc) is 2.50. The van der Waals surface area contributed by atoms with Crippen LogP contribution in [0.3, 0.4) is 0 Å². The normalized spacial score (nSPS) is 10.5. The fourth-order valence-electron chi connectivity index (χ4n) is 1.32. The Hall–Kier alpha value is -1.36. The summed E-state index contributed by atoms with van der Waals surface area (Å²) in [4.78, 5) is 4.01. The molecule has 2 rings (SSSR count). The topological polar surface area (TPSA) is 56.7 Å². The second-order valence-corrected chi connectivity index (χ2v) is 4.19. The standard InChI is InChI=1S/C10H11BrN4/c1-7-10(12)6-15(14-7)5-8-2-3-13-4-9(8)11/h2-4,6H,5,12H2,1H3. The third-order valence-electron chi connectivity index (χ3n) is 2.17. The highest BCUT2D eigenvalue weighted by atomic mass is 79.9. The van der Waals surface area contributed by atoms with Crippen molar-refractivity contribution in [3.05, 3.63) is 40.4 Å². The Labute approximate surface area is 96.3 Å². The summed E-state index contributed by atoms with van der Waals surface area (Å²) in [5, 5.41) is 4.30. The van der Waals surface area contributed by atoms with Gasteiger partial charge in [-0.25, -0.2) is 0 Å². The second-order valence-electron chi connectivity index (χ2n) is 3.33. The molecule has 0 spiro atoms. The van der Waals surface area contributed by atoms with Crippen LogP contribution in [0.2, 0.25) is 0 Å². The van der Waals surface area contributed by atoms with E-state index in [0.29, 0.717) is 6.54 Å². The van der Waals surface area contributed by atoms with E-state index in [2.05, 4.69) is 26.0 Å². The molecule has 0 saturated heterocycles. The van der Waals surface area contributed by atoms with E-state index >= 15 is 0 Å². The zero-order valence-corrected chi connectivity index (χ0v) is 9.90. The number of nitrogen functional groups attached to an aromatic ring is 1. The van der Waals surface area contributed by atoms with Crippen molar-refractivity contribution in [1.82, 2.24) is 14.8 Å². The molecule has 15 heavy (non-hydrogen) atoms. The lowest BCUT2D eigenvalue weighted by Crippen LogP contribution is -2.01. The Kier molecular flexibility index (Phi) is 2.73. The molecule has 0 fully saturated rings. The molecule has 78 valence electrons. The van der Waals surface area contributed by atoms with Crippen LogP contribution in [0.1, 0.15) is 11.3 Å². The average molecular weight is 267 g/mol. The lowest BCUT2D eigenvalue weighted by Gasteiger charge is -2.03. The fraction of sp³-hybridized carbons (Fsp3) is 0.200. The number of rotatable bonds is 2. The van der Waals surface area contributed by atoms with Gasteiger partial charge in [-0.3, -0.25) is 9.67 Å². The maximum Gasteiger partial charge on any atom is 0.0823 e. The quantitative estimate of drug-likeness (QED) is 0.905. The van der Waals surface area contributed by atoms with Gasteiger partial charge in [0.15, 0.2) is 0 Å². The van der Waals surface area contributed by atoms with Crippen molar-refractivity contribution in [2.75, 3.05) is 5.73 Å². The van der Waals surface area contributed by atoms with Crippen molar-refractivity contribution in [2.45, 2.75) is 13.5 Å². The van der Waals surface area contributed by atoms with Gasteiger partial charge < -0.3 is 5.73 Å². The number of anilines is 1. The van der Waals surface area contributed by atoms with Gasteiger partial charge in [0.2, 0.25) is 0 Å². The van der Waals surface area contributed by atoms with Crippen molar-refractivity contribution in [3.63, 3.8) is 0 Å². The molecule has 2 aromatic heterocycles. The van der Waals surface area contributed by atoms with Crippen LogP contribution in [0.15, 0.2) is 29.1 Å². The smallest absolute Gasteiger partial charge is 0.0823 e. The zero-order chi connectivity index (χ0) is 10.8. The number of hydrogen-bond acceptors (Lipinski definition) is 3. The molecule has 0 radical (unpaired) electrons. The minimum atomic E-state index is 0.696. The predicted molar refractivity (Wildman–Crippen MR) is 62.4 cm³/mol. The molecular formula is C10H11BrN4. The second kappa shape index (κ2) is 4.02. The summed E-state index contributed by atoms with van der Waals surface area (Å²) in [5.41, 5.74) is 8.44. The first-order chi connectivity index (χ1) is 7.16. The van der Waals surface area contributed by atoms with Crippen LogP contribution in [0, 0.1) is 6.92 Å². The lowest BCUT2D eigenvalue weighted by molar-refractivity contribution is 0.677. The maximum atomic E-state index is 5.72. The molecule has 0 aromatic carbocycles. The molecule has 0 amide bonds. The van der Waals surface area contributed by atoms with E-state index < -0.39 is 0 Å². The van der Waals surface area contributed by atoms with Crippen LogP contribution in [0.4, 0.5) is 5.69 Å². The number of nitrogens with zero attached hydrogens (tertiary/aromatic N) is 3. The minimum Gasteiger partial charge on any atom is -0.396 e. The van der Waals surface area contributed by atoms with E-state index in [-0.39, 0.29) is 0 Å². The molecule has 0 bridgehead atoms. The van der Waals surface area contributed by atoms with Gasteiger partial charge in [0.1, 0.15) is 0 Å². The van der Waals surface area contributed by atoms with E-state index in [4.69, 9.17) is 5.73 Å². The van der Waals surface area contributed by atoms with Gasteiger partial charge in [0.25, 0.3) is 0 Å². The monoisotopic (exact) mass is 266 g/mol. The highest BCUT2D eigenvalue weighted by Gasteiger charge is 2.03. The first kappa shape index (κ1) is 10.2. The highest BCUT2D eigenvalue weighted by molar-refractivity contribution is 9.10. The van der Waals surface area contributed by atoms with E-state index in [0.717, 1.165) is 21.4 Å². The number of hydrogen-bond donors (Lipinski definition) is 1. The van der Waals surface area contributed by atoms with E-state index in [1.54, 1.807) is 12.4 Å². The molecule has 2 aromatic rings. The molecule has 0 atom stereocenters. The number of aryl methyl sites for hydroxylation is 1. The molecule has 0 saturated carbocycles. The molecule has 4 nitrogen and oxygen atoms in total. The van der Waals surface area contributed by atoms with E-state index in [1.807, 2.05) is 23.9 Å². The Bertz CT molecular complexity index is 459. The molecule has 0 aliphatic heterocycles. The zero-order valence-electron chi connectivity index (χ0n) is 8.31. The number of pyridine rings is 1. The van der Waals surface area contributed by atoms with Crippen molar-refractivity contribution < 1.29 is 0 Å². The van der Waals surface area contributed by atoms with Crippen molar-refractivity contribution in [1.29, 1.82) is 0 Å². The highest BCUT2D eigenvalue weighted by Crippen LogP contribution is 2.16. The van der Waals surface area contributed by atoms with Crippen molar-refractivity contribution in [3.8, 4) is 0 Å². The van der Waals surface area contributed by atoms with Gasteiger partial charge in [0, 0.05) is 23.1 Å². The summed E-state index contributed by atoms with van der Waals surface area (Å²) in [7, 11) is 0. The Morgan fingerprint density at radius 2 is 2.33 bits per heavy atom. The summed E-state index contributed by atoms with van der Waals surface area (Å²) < 4.78 is 2.81. The molecule has 0 aliphatic carbocycles. The SMILES string of the molecule is Cc1nn(Cc2ccncc2Br)cc1N. The van der Waals surface area contributed by atoms with Crippen LogP contribution < -0.4 is 5.73 Å². The largest absolute Gasteiger partial charge is 0.396 e. The lowest BCUT2D eigenvalue weighted by atomic mass is 10.3. The summed E-state index contributed by atoms with van der Waals surface area (Å²) in [6.07, 6.45) is 5.37. The third-order valence-corrected chi connectivity index (χ3v) is 2.89. The summed E-state index contributed by atoms with van der Waals surface area (Å²) in [6, 6.07) is 1.96.